The van der Waals surface area contributed by atoms with Crippen LogP contribution in [0, 0.1) is 24.0 Å². The van der Waals surface area contributed by atoms with Crippen molar-refractivity contribution in [3.05, 3.63) is 53.6 Å². The maximum atomic E-state index is 13.9. The molecule has 2 aromatic rings. The minimum absolute atomic E-state index is 0.295. The Balaban J connectivity index is 0.000000188. The zero-order chi connectivity index (χ0) is 25.1. The second-order valence-corrected chi connectivity index (χ2v) is 9.03. The number of amides is 1. The highest BCUT2D eigenvalue weighted by atomic mass is 31.0. The van der Waals surface area contributed by atoms with Crippen LogP contribution in [0.25, 0.3) is 11.1 Å². The molecule has 1 atom stereocenters. The molecule has 4 nitrogen and oxygen atoms in total. The summed E-state index contributed by atoms with van der Waals surface area (Å²) >= 11 is 0. The third-order valence-corrected chi connectivity index (χ3v) is 6.42. The Morgan fingerprint density at radius 3 is 2.12 bits per heavy atom. The molecule has 1 saturated carbocycles. The number of halogens is 4. The lowest BCUT2D eigenvalue weighted by Crippen LogP contribution is -2.18. The predicted octanol–water partition coefficient (Wildman–Crippen LogP) is 4.26. The predicted molar refractivity (Wildman–Crippen MR) is 131 cm³/mol. The molecule has 10 heteroatoms. The van der Waals surface area contributed by atoms with Crippen LogP contribution < -0.4 is 10.9 Å². The fourth-order valence-corrected chi connectivity index (χ4v) is 3.76. The van der Waals surface area contributed by atoms with E-state index in [-0.39, 0.29) is 11.6 Å². The van der Waals surface area contributed by atoms with Gasteiger partial charge in [-0.3, -0.25) is 4.79 Å². The summed E-state index contributed by atoms with van der Waals surface area (Å²) in [4.78, 5) is 12.1. The number of nitrogens with two attached hydrogens (primary N) is 1. The standard InChI is InChI=1S/C13H11F2P.C7H11NO.C3H6O.CH3BF2N/c1-8-4-2-5-9(12(8)15)10-6-3-7-11(14)13(10)16;9-6-8-4-3-7(5-8)1-2-7;1-2-4-3-1;3-1(4)2-5/h2-7H,16H2,1H3;6H,1-5H2;1-3H2;1H,5H2. The number of carbonyl (C=O) groups excluding carboxylic acids is 1. The summed E-state index contributed by atoms with van der Waals surface area (Å²) in [5.74, 6) is -0.639. The molecule has 34 heavy (non-hydrogen) atoms. The number of hydrogen-bond donors (Lipinski definition) is 1. The van der Waals surface area contributed by atoms with E-state index in [1.165, 1.54) is 31.7 Å². The Bertz CT molecular complexity index is 874. The molecule has 2 aromatic carbocycles. The van der Waals surface area contributed by atoms with Crippen LogP contribution in [0.3, 0.4) is 0 Å². The van der Waals surface area contributed by atoms with Gasteiger partial charge in [-0.05, 0) is 55.2 Å². The topological polar surface area (TPSA) is 55.6 Å². The number of likely N-dealkylation sites (tertiary alicyclic amines) is 1. The fraction of sp³-hybridized carbons (Fsp3) is 0.458. The van der Waals surface area contributed by atoms with Crippen LogP contribution in [0.4, 0.5) is 17.6 Å². The second kappa shape index (κ2) is 13.8. The molecule has 2 saturated heterocycles. The molecule has 1 unspecified atom stereocenters. The van der Waals surface area contributed by atoms with Crippen molar-refractivity contribution in [3.63, 3.8) is 0 Å². The molecule has 5 rings (SSSR count). The summed E-state index contributed by atoms with van der Waals surface area (Å²) < 4.78 is 53.1. The van der Waals surface area contributed by atoms with Crippen molar-refractivity contribution >= 4 is 28.4 Å². The largest absolute Gasteiger partial charge is 0.381 e. The number of carbonyl (C=O) groups is 1. The average Bonchev–Trinajstić information content (AvgIpc) is 3.41. The lowest BCUT2D eigenvalue weighted by Gasteiger charge is -2.09. The van der Waals surface area contributed by atoms with Crippen molar-refractivity contribution in [2.45, 2.75) is 38.9 Å². The van der Waals surface area contributed by atoms with E-state index in [1.807, 2.05) is 4.90 Å². The van der Waals surface area contributed by atoms with E-state index in [1.54, 1.807) is 37.3 Å². The Morgan fingerprint density at radius 2 is 1.68 bits per heavy atom. The maximum Gasteiger partial charge on any atom is 0.291 e. The number of benzene rings is 2. The molecule has 0 bridgehead atoms. The molecule has 2 heterocycles. The monoisotopic (exact) mass is 497 g/mol. The summed E-state index contributed by atoms with van der Waals surface area (Å²) in [6, 6.07) is 9.77. The number of ether oxygens (including phenoxy) is 1. The van der Waals surface area contributed by atoms with Crippen molar-refractivity contribution in [2.75, 3.05) is 26.3 Å². The van der Waals surface area contributed by atoms with Crippen LogP contribution in [0.15, 0.2) is 36.4 Å². The van der Waals surface area contributed by atoms with Gasteiger partial charge < -0.3 is 15.3 Å². The first-order chi connectivity index (χ1) is 16.2. The molecule has 2 N–H and O–H groups in total. The minimum atomic E-state index is -2.46. The third-order valence-electron chi connectivity index (χ3n) is 5.83. The molecule has 1 spiro atoms. The van der Waals surface area contributed by atoms with Crippen molar-refractivity contribution in [1.82, 2.24) is 4.90 Å². The summed E-state index contributed by atoms with van der Waals surface area (Å²) in [5, 5.41) is 0.395. The molecule has 2 aliphatic heterocycles. The molecule has 1 radical (unpaired) electrons. The fourth-order valence-electron chi connectivity index (χ4n) is 3.42. The van der Waals surface area contributed by atoms with Crippen molar-refractivity contribution in [3.8, 4) is 11.1 Å². The first kappa shape index (κ1) is 28.3. The third kappa shape index (κ3) is 8.68. The number of alkyl halides is 2. The quantitative estimate of drug-likeness (QED) is 0.299. The van der Waals surface area contributed by atoms with Crippen LogP contribution >= 0.6 is 9.24 Å². The van der Waals surface area contributed by atoms with Gasteiger partial charge in [-0.25, -0.2) is 17.6 Å². The van der Waals surface area contributed by atoms with Gasteiger partial charge in [0.2, 0.25) is 12.7 Å². The van der Waals surface area contributed by atoms with E-state index in [2.05, 4.69) is 14.9 Å². The highest BCUT2D eigenvalue weighted by molar-refractivity contribution is 7.28. The van der Waals surface area contributed by atoms with Crippen LogP contribution in [0.1, 0.15) is 31.2 Å². The van der Waals surface area contributed by atoms with Gasteiger partial charge in [-0.1, -0.05) is 30.3 Å². The Labute approximate surface area is 201 Å². The Hall–Kier alpha value is -1.96. The van der Waals surface area contributed by atoms with Crippen molar-refractivity contribution in [2.24, 2.45) is 11.1 Å². The average molecular weight is 497 g/mol. The van der Waals surface area contributed by atoms with E-state index >= 15 is 0 Å². The molecule has 185 valence electrons. The molecular weight excluding hydrogens is 466 g/mol. The lowest BCUT2D eigenvalue weighted by atomic mass is 10.0. The molecule has 3 aliphatic rings. The van der Waals surface area contributed by atoms with E-state index in [4.69, 9.17) is 4.74 Å². The van der Waals surface area contributed by atoms with Gasteiger partial charge in [-0.15, -0.1) is 9.24 Å². The van der Waals surface area contributed by atoms with E-state index < -0.39 is 6.32 Å². The zero-order valence-electron chi connectivity index (χ0n) is 19.3. The number of rotatable bonds is 3. The van der Waals surface area contributed by atoms with E-state index in [9.17, 15) is 22.4 Å². The molecule has 0 aromatic heterocycles. The van der Waals surface area contributed by atoms with Gasteiger partial charge >= 0.3 is 0 Å². The van der Waals surface area contributed by atoms with Crippen LogP contribution in [0.5, 0.6) is 0 Å². The number of hydrogen-bond acceptors (Lipinski definition) is 3. The SMILES string of the molecule is C1COC1.Cc1cccc(-c2cccc(F)c2P)c1F.N[B]C(F)F.O=CN1CCC2(CC2)C1. The highest BCUT2D eigenvalue weighted by Gasteiger charge is 2.47. The van der Waals surface area contributed by atoms with Gasteiger partial charge in [0.05, 0.1) is 0 Å². The van der Waals surface area contributed by atoms with Crippen LogP contribution in [-0.4, -0.2) is 51.4 Å². The van der Waals surface area contributed by atoms with Gasteiger partial charge in [0.25, 0.3) is 7.41 Å². The molecule has 1 aliphatic carbocycles. The lowest BCUT2D eigenvalue weighted by molar-refractivity contribution is -0.117. The molecule has 3 fully saturated rings. The van der Waals surface area contributed by atoms with Gasteiger partial charge in [0.15, 0.2) is 0 Å². The smallest absolute Gasteiger partial charge is 0.291 e. The number of nitrogens with zero attached hydrogens (tertiary/aromatic N) is 1. The first-order valence-corrected chi connectivity index (χ1v) is 11.7. The summed E-state index contributed by atoms with van der Waals surface area (Å²) in [6.07, 6.45) is 3.77. The van der Waals surface area contributed by atoms with Crippen LogP contribution in [0.2, 0.25) is 0 Å². The van der Waals surface area contributed by atoms with E-state index in [0.717, 1.165) is 32.7 Å². The molecule has 1 amide bonds. The first-order valence-electron chi connectivity index (χ1n) is 11.1. The molecular formula is C24H31BF4N2O2P. The minimum Gasteiger partial charge on any atom is -0.381 e. The Kier molecular flexibility index (Phi) is 11.5. The Morgan fingerprint density at radius 1 is 1.12 bits per heavy atom. The summed E-state index contributed by atoms with van der Waals surface area (Å²) in [5.41, 5.74) is 6.48. The summed E-state index contributed by atoms with van der Waals surface area (Å²) in [6.45, 7) is 5.74. The summed E-state index contributed by atoms with van der Waals surface area (Å²) in [7, 11) is 2.65. The highest BCUT2D eigenvalue weighted by Crippen LogP contribution is 2.52. The van der Waals surface area contributed by atoms with Gasteiger partial charge in [0, 0.05) is 37.2 Å². The zero-order valence-corrected chi connectivity index (χ0v) is 20.4. The van der Waals surface area contributed by atoms with Gasteiger partial charge in [-0.2, -0.15) is 0 Å². The number of aryl methyl sites for hydroxylation is 1. The van der Waals surface area contributed by atoms with E-state index in [0.29, 0.717) is 34.8 Å². The van der Waals surface area contributed by atoms with Crippen molar-refractivity contribution in [1.29, 1.82) is 0 Å². The van der Waals surface area contributed by atoms with Crippen LogP contribution in [-0.2, 0) is 9.53 Å². The van der Waals surface area contributed by atoms with Crippen molar-refractivity contribution < 1.29 is 27.1 Å². The second-order valence-electron chi connectivity index (χ2n) is 8.46. The normalized spacial score (nSPS) is 16.8. The maximum absolute atomic E-state index is 13.9. The van der Waals surface area contributed by atoms with Gasteiger partial charge in [0.1, 0.15) is 11.6 Å².